The SMILES string of the molecule is CCn1c(-c2ccc(C#CC3CC3)cc2C)cc(OC[C@@H]2COCCO2)nc1=O. The predicted octanol–water partition coefficient (Wildman–Crippen LogP) is 2.79. The van der Waals surface area contributed by atoms with Gasteiger partial charge in [-0.1, -0.05) is 17.9 Å². The highest BCUT2D eigenvalue weighted by Gasteiger charge is 2.18. The first-order chi connectivity index (χ1) is 14.1. The Morgan fingerprint density at radius 2 is 2.14 bits per heavy atom. The molecule has 6 nitrogen and oxygen atoms in total. The summed E-state index contributed by atoms with van der Waals surface area (Å²) in [4.78, 5) is 16.7. The smallest absolute Gasteiger partial charge is 0.351 e. The number of aromatic nitrogens is 2. The molecule has 0 bridgehead atoms. The Bertz CT molecular complexity index is 992. The molecular formula is C23H26N2O4. The summed E-state index contributed by atoms with van der Waals surface area (Å²) in [5, 5.41) is 0. The Balaban J connectivity index is 1.60. The lowest BCUT2D eigenvalue weighted by molar-refractivity contribution is -0.102. The maximum Gasteiger partial charge on any atom is 0.351 e. The maximum atomic E-state index is 12.6. The fourth-order valence-corrected chi connectivity index (χ4v) is 3.34. The lowest BCUT2D eigenvalue weighted by Crippen LogP contribution is -2.34. The molecule has 0 unspecified atom stereocenters. The molecule has 2 aromatic rings. The van der Waals surface area contributed by atoms with E-state index in [0.717, 1.165) is 22.4 Å². The predicted molar refractivity (Wildman–Crippen MR) is 110 cm³/mol. The molecule has 2 aliphatic rings. The van der Waals surface area contributed by atoms with Crippen LogP contribution in [0.1, 0.15) is 30.9 Å². The van der Waals surface area contributed by atoms with Crippen molar-refractivity contribution in [1.29, 1.82) is 0 Å². The largest absolute Gasteiger partial charge is 0.475 e. The molecule has 2 heterocycles. The first kappa shape index (κ1) is 19.7. The van der Waals surface area contributed by atoms with Gasteiger partial charge in [-0.05, 0) is 44.4 Å². The van der Waals surface area contributed by atoms with Crippen LogP contribution in [0, 0.1) is 24.7 Å². The van der Waals surface area contributed by atoms with Gasteiger partial charge in [-0.15, -0.1) is 0 Å². The van der Waals surface area contributed by atoms with Crippen molar-refractivity contribution in [2.24, 2.45) is 5.92 Å². The van der Waals surface area contributed by atoms with Gasteiger partial charge in [0.25, 0.3) is 0 Å². The Kier molecular flexibility index (Phi) is 5.98. The minimum Gasteiger partial charge on any atom is -0.475 e. The molecule has 0 amide bonds. The van der Waals surface area contributed by atoms with E-state index in [1.165, 1.54) is 12.8 Å². The third kappa shape index (κ3) is 4.87. The third-order valence-electron chi connectivity index (χ3n) is 5.11. The minimum absolute atomic E-state index is 0.145. The van der Waals surface area contributed by atoms with E-state index in [-0.39, 0.29) is 11.8 Å². The van der Waals surface area contributed by atoms with Gasteiger partial charge in [-0.2, -0.15) is 4.98 Å². The van der Waals surface area contributed by atoms with E-state index < -0.39 is 0 Å². The van der Waals surface area contributed by atoms with Crippen molar-refractivity contribution >= 4 is 0 Å². The number of rotatable bonds is 5. The molecule has 1 aromatic carbocycles. The fraction of sp³-hybridized carbons (Fsp3) is 0.478. The van der Waals surface area contributed by atoms with E-state index in [0.29, 0.717) is 44.8 Å². The molecule has 29 heavy (non-hydrogen) atoms. The van der Waals surface area contributed by atoms with Gasteiger partial charge in [0.15, 0.2) is 0 Å². The first-order valence-electron chi connectivity index (χ1n) is 10.2. The zero-order valence-corrected chi connectivity index (χ0v) is 16.9. The number of benzene rings is 1. The fourth-order valence-electron chi connectivity index (χ4n) is 3.34. The molecule has 1 atom stereocenters. The summed E-state index contributed by atoms with van der Waals surface area (Å²) >= 11 is 0. The van der Waals surface area contributed by atoms with E-state index in [9.17, 15) is 4.79 Å². The summed E-state index contributed by atoms with van der Waals surface area (Å²) in [6.07, 6.45) is 2.28. The number of ether oxygens (including phenoxy) is 3. The van der Waals surface area contributed by atoms with Gasteiger partial charge < -0.3 is 14.2 Å². The van der Waals surface area contributed by atoms with Gasteiger partial charge in [0.05, 0.1) is 25.5 Å². The molecule has 1 saturated carbocycles. The van der Waals surface area contributed by atoms with Gasteiger partial charge in [0.1, 0.15) is 12.7 Å². The minimum atomic E-state index is -0.321. The Labute approximate surface area is 170 Å². The van der Waals surface area contributed by atoms with E-state index >= 15 is 0 Å². The van der Waals surface area contributed by atoms with Crippen LogP contribution in [0.25, 0.3) is 11.3 Å². The van der Waals surface area contributed by atoms with Crippen LogP contribution in [0.3, 0.4) is 0 Å². The van der Waals surface area contributed by atoms with Crippen LogP contribution in [-0.4, -0.2) is 42.1 Å². The highest BCUT2D eigenvalue weighted by Crippen LogP contribution is 2.28. The average Bonchev–Trinajstić information content (AvgIpc) is 3.56. The number of hydrogen-bond acceptors (Lipinski definition) is 5. The monoisotopic (exact) mass is 394 g/mol. The summed E-state index contributed by atoms with van der Waals surface area (Å²) in [5.74, 6) is 7.42. The molecule has 2 fully saturated rings. The number of hydrogen-bond donors (Lipinski definition) is 0. The Hall–Kier alpha value is -2.62. The van der Waals surface area contributed by atoms with Crippen molar-refractivity contribution in [1.82, 2.24) is 9.55 Å². The second-order valence-electron chi connectivity index (χ2n) is 7.46. The molecule has 152 valence electrons. The Morgan fingerprint density at radius 1 is 1.28 bits per heavy atom. The lowest BCUT2D eigenvalue weighted by Gasteiger charge is -2.23. The molecule has 1 aliphatic heterocycles. The van der Waals surface area contributed by atoms with Crippen molar-refractivity contribution in [3.63, 3.8) is 0 Å². The van der Waals surface area contributed by atoms with Crippen LogP contribution in [0.15, 0.2) is 29.1 Å². The summed E-state index contributed by atoms with van der Waals surface area (Å²) in [6, 6.07) is 7.93. The standard InChI is InChI=1S/C23H26N2O4/c1-3-25-21(20-9-8-18(12-16(20)2)7-6-17-4-5-17)13-22(24-23(25)26)29-15-19-14-27-10-11-28-19/h8-9,12-13,17,19H,3-5,10-11,14-15H2,1-2H3/t19-/m0/s1. The van der Waals surface area contributed by atoms with Crippen LogP contribution < -0.4 is 10.4 Å². The lowest BCUT2D eigenvalue weighted by atomic mass is 10.0. The van der Waals surface area contributed by atoms with E-state index in [4.69, 9.17) is 14.2 Å². The van der Waals surface area contributed by atoms with Gasteiger partial charge >= 0.3 is 5.69 Å². The molecule has 1 saturated heterocycles. The van der Waals surface area contributed by atoms with E-state index in [2.05, 4.69) is 22.9 Å². The van der Waals surface area contributed by atoms with Crippen LogP contribution in [-0.2, 0) is 16.0 Å². The van der Waals surface area contributed by atoms with Crippen molar-refractivity contribution in [2.75, 3.05) is 26.4 Å². The zero-order chi connectivity index (χ0) is 20.2. The first-order valence-corrected chi connectivity index (χ1v) is 10.2. The number of nitrogens with zero attached hydrogens (tertiary/aromatic N) is 2. The zero-order valence-electron chi connectivity index (χ0n) is 16.9. The van der Waals surface area contributed by atoms with Crippen molar-refractivity contribution in [3.8, 4) is 29.0 Å². The Morgan fingerprint density at radius 3 is 2.83 bits per heavy atom. The second-order valence-corrected chi connectivity index (χ2v) is 7.46. The molecule has 4 rings (SSSR count). The average molecular weight is 394 g/mol. The topological polar surface area (TPSA) is 62.6 Å². The summed E-state index contributed by atoms with van der Waals surface area (Å²) in [7, 11) is 0. The molecule has 1 aliphatic carbocycles. The third-order valence-corrected chi connectivity index (χ3v) is 5.11. The normalized spacial score (nSPS) is 18.8. The maximum absolute atomic E-state index is 12.6. The van der Waals surface area contributed by atoms with E-state index in [1.54, 1.807) is 4.57 Å². The molecule has 6 heteroatoms. The van der Waals surface area contributed by atoms with Crippen molar-refractivity contribution in [3.05, 3.63) is 45.9 Å². The van der Waals surface area contributed by atoms with Crippen molar-refractivity contribution in [2.45, 2.75) is 39.3 Å². The summed E-state index contributed by atoms with van der Waals surface area (Å²) < 4.78 is 18.4. The van der Waals surface area contributed by atoms with Crippen LogP contribution in [0.4, 0.5) is 0 Å². The van der Waals surface area contributed by atoms with Crippen molar-refractivity contribution < 1.29 is 14.2 Å². The molecular weight excluding hydrogens is 368 g/mol. The van der Waals surface area contributed by atoms with Crippen LogP contribution in [0.5, 0.6) is 5.88 Å². The quantitative estimate of drug-likeness (QED) is 0.730. The molecule has 0 radical (unpaired) electrons. The second kappa shape index (κ2) is 8.81. The van der Waals surface area contributed by atoms with Gasteiger partial charge in [-0.3, -0.25) is 4.57 Å². The molecule has 0 N–H and O–H groups in total. The van der Waals surface area contributed by atoms with Gasteiger partial charge in [0.2, 0.25) is 5.88 Å². The highest BCUT2D eigenvalue weighted by atomic mass is 16.6. The summed E-state index contributed by atoms with van der Waals surface area (Å²) in [5.41, 5.74) is 3.52. The number of aryl methyl sites for hydroxylation is 1. The molecule has 1 aromatic heterocycles. The summed E-state index contributed by atoms with van der Waals surface area (Å²) in [6.45, 7) is 6.45. The molecule has 0 spiro atoms. The van der Waals surface area contributed by atoms with Gasteiger partial charge in [0, 0.05) is 29.7 Å². The van der Waals surface area contributed by atoms with Gasteiger partial charge in [-0.25, -0.2) is 4.79 Å². The highest BCUT2D eigenvalue weighted by molar-refractivity contribution is 5.66. The van der Waals surface area contributed by atoms with Crippen LogP contribution >= 0.6 is 0 Å². The van der Waals surface area contributed by atoms with Crippen LogP contribution in [0.2, 0.25) is 0 Å². The van der Waals surface area contributed by atoms with E-state index in [1.807, 2.05) is 32.0 Å².